The number of benzene rings is 2. The van der Waals surface area contributed by atoms with Gasteiger partial charge in [0, 0.05) is 5.41 Å². The lowest BCUT2D eigenvalue weighted by Gasteiger charge is -2.34. The molecule has 0 aliphatic rings. The summed E-state index contributed by atoms with van der Waals surface area (Å²) < 4.78 is 2.48. The smallest absolute Gasteiger partial charge is 0.247 e. The molecule has 0 saturated heterocycles. The fourth-order valence-electron chi connectivity index (χ4n) is 5.89. The third-order valence-electron chi connectivity index (χ3n) is 8.51. The fourth-order valence-corrected chi connectivity index (χ4v) is 5.89. The molecule has 1 aromatic heterocycles. The Hall–Kier alpha value is -2.35. The Morgan fingerprint density at radius 3 is 1.78 bits per heavy atom. The summed E-state index contributed by atoms with van der Waals surface area (Å²) >= 11 is 0. The summed E-state index contributed by atoms with van der Waals surface area (Å²) in [6, 6.07) is 22.1. The Labute approximate surface area is 227 Å². The van der Waals surface area contributed by atoms with Crippen LogP contribution in [-0.4, -0.2) is 4.98 Å². The monoisotopic (exact) mass is 501 g/mol. The summed E-state index contributed by atoms with van der Waals surface area (Å²) in [4.78, 5) is 3.63. The maximum atomic E-state index is 3.63. The molecule has 3 aromatic rings. The summed E-state index contributed by atoms with van der Waals surface area (Å²) in [7, 11) is 0. The quantitative estimate of drug-likeness (QED) is 0.125. The number of aryl methyl sites for hydroxylation is 1. The Bertz CT molecular complexity index is 961. The van der Waals surface area contributed by atoms with Crippen LogP contribution in [0.2, 0.25) is 0 Å². The lowest BCUT2D eigenvalue weighted by atomic mass is 9.68. The van der Waals surface area contributed by atoms with Crippen molar-refractivity contribution in [3.05, 3.63) is 90.0 Å². The number of nitrogens with one attached hydrogen (secondary N) is 1. The highest BCUT2D eigenvalue weighted by Crippen LogP contribution is 2.40. The number of aromatic amines is 1. The zero-order valence-electron chi connectivity index (χ0n) is 24.1. The molecule has 1 N–H and O–H groups in total. The number of hydrogen-bond donors (Lipinski definition) is 1. The Morgan fingerprint density at radius 1 is 0.703 bits per heavy atom. The van der Waals surface area contributed by atoms with Crippen molar-refractivity contribution in [2.45, 2.75) is 129 Å². The van der Waals surface area contributed by atoms with Crippen molar-refractivity contribution in [1.82, 2.24) is 4.98 Å². The van der Waals surface area contributed by atoms with Gasteiger partial charge >= 0.3 is 0 Å². The van der Waals surface area contributed by atoms with Crippen molar-refractivity contribution in [3.8, 4) is 0 Å². The van der Waals surface area contributed by atoms with Crippen LogP contribution in [-0.2, 0) is 18.4 Å². The Kier molecular flexibility index (Phi) is 13.0. The average molecular weight is 502 g/mol. The first-order valence-electron chi connectivity index (χ1n) is 15.3. The van der Waals surface area contributed by atoms with Crippen molar-refractivity contribution in [1.29, 1.82) is 0 Å². The minimum absolute atomic E-state index is 0.00518. The van der Waals surface area contributed by atoms with Gasteiger partial charge in [-0.2, -0.15) is 0 Å². The van der Waals surface area contributed by atoms with Crippen LogP contribution in [0.1, 0.15) is 127 Å². The molecule has 0 radical (unpaired) electrons. The fraction of sp³-hybridized carbons (Fsp3) is 0.571. The third-order valence-corrected chi connectivity index (χ3v) is 8.51. The van der Waals surface area contributed by atoms with Gasteiger partial charge in [-0.15, -0.1) is 0 Å². The molecular weight excluding hydrogens is 448 g/mol. The second-order valence-corrected chi connectivity index (χ2v) is 11.4. The molecule has 0 saturated carbocycles. The zero-order chi connectivity index (χ0) is 26.2. The van der Waals surface area contributed by atoms with Crippen LogP contribution in [0.15, 0.2) is 73.1 Å². The molecule has 2 unspecified atom stereocenters. The summed E-state index contributed by atoms with van der Waals surface area (Å²) in [5.41, 5.74) is 2.81. The first kappa shape index (κ1) is 29.2. The van der Waals surface area contributed by atoms with Gasteiger partial charge in [0.2, 0.25) is 0 Å². The molecule has 0 bridgehead atoms. The predicted octanol–water partition coefficient (Wildman–Crippen LogP) is 9.70. The van der Waals surface area contributed by atoms with Gasteiger partial charge in [0.1, 0.15) is 12.4 Å². The highest BCUT2D eigenvalue weighted by Gasteiger charge is 2.39. The van der Waals surface area contributed by atoms with E-state index in [0.717, 1.165) is 13.0 Å². The SMILES string of the molecule is CCCCCCCCCCCCCCC[n+]1cc[nH]c1C(C)C(C)(Cc1ccccc1)c1ccccc1. The number of nitrogens with zero attached hydrogens (tertiary/aromatic N) is 1. The van der Waals surface area contributed by atoms with Crippen molar-refractivity contribution < 1.29 is 4.57 Å². The summed E-state index contributed by atoms with van der Waals surface area (Å²) in [6.07, 6.45) is 23.6. The topological polar surface area (TPSA) is 19.7 Å². The van der Waals surface area contributed by atoms with E-state index in [1.807, 2.05) is 0 Å². The van der Waals surface area contributed by atoms with E-state index in [9.17, 15) is 0 Å². The zero-order valence-corrected chi connectivity index (χ0v) is 24.1. The third kappa shape index (κ3) is 9.47. The minimum atomic E-state index is 0.00518. The van der Waals surface area contributed by atoms with Gasteiger partial charge in [-0.3, -0.25) is 0 Å². The summed E-state index contributed by atoms with van der Waals surface area (Å²) in [5, 5.41) is 0. The minimum Gasteiger partial charge on any atom is -0.247 e. The van der Waals surface area contributed by atoms with E-state index in [1.54, 1.807) is 0 Å². The van der Waals surface area contributed by atoms with Crippen LogP contribution in [0.25, 0.3) is 0 Å². The Morgan fingerprint density at radius 2 is 1.22 bits per heavy atom. The van der Waals surface area contributed by atoms with Crippen molar-refractivity contribution in [2.24, 2.45) is 0 Å². The number of unbranched alkanes of at least 4 members (excludes halogenated alkanes) is 12. The van der Waals surface area contributed by atoms with E-state index in [0.29, 0.717) is 5.92 Å². The van der Waals surface area contributed by atoms with E-state index in [2.05, 4.69) is 103 Å². The molecule has 2 heteroatoms. The highest BCUT2D eigenvalue weighted by molar-refractivity contribution is 5.32. The van der Waals surface area contributed by atoms with E-state index in [1.165, 1.54) is 100 Å². The van der Waals surface area contributed by atoms with Crippen molar-refractivity contribution in [2.75, 3.05) is 0 Å². The number of hydrogen-bond acceptors (Lipinski definition) is 0. The number of H-pyrrole nitrogens is 1. The van der Waals surface area contributed by atoms with Gasteiger partial charge in [-0.05, 0) is 30.4 Å². The van der Waals surface area contributed by atoms with Crippen molar-refractivity contribution >= 4 is 0 Å². The van der Waals surface area contributed by atoms with E-state index in [-0.39, 0.29) is 5.41 Å². The van der Waals surface area contributed by atoms with E-state index in [4.69, 9.17) is 0 Å². The van der Waals surface area contributed by atoms with Crippen molar-refractivity contribution in [3.63, 3.8) is 0 Å². The molecule has 2 atom stereocenters. The number of rotatable bonds is 19. The molecule has 0 aliphatic heterocycles. The second kappa shape index (κ2) is 16.5. The normalized spacial score (nSPS) is 13.9. The first-order chi connectivity index (χ1) is 18.1. The van der Waals surface area contributed by atoms with Crippen LogP contribution < -0.4 is 4.57 Å². The maximum Gasteiger partial charge on any atom is 0.257 e. The molecule has 0 fully saturated rings. The number of aromatic nitrogens is 2. The van der Waals surface area contributed by atoms with E-state index >= 15 is 0 Å². The Balaban J connectivity index is 1.46. The molecular formula is C35H53N2+. The predicted molar refractivity (Wildman–Crippen MR) is 159 cm³/mol. The molecule has 3 rings (SSSR count). The standard InChI is InChI=1S/C35H52N2/c1-4-5-6-7-8-9-10-11-12-13-14-15-22-28-37-29-27-36-34(37)31(2)35(3,33-25-20-17-21-26-33)30-32-23-18-16-19-24-32/h16-21,23-27,29,31H,4-15,22,28,30H2,1-3H3/p+1. The molecule has 0 aliphatic carbocycles. The molecule has 1 heterocycles. The molecule has 0 amide bonds. The van der Waals surface area contributed by atoms with Crippen LogP contribution in [0.3, 0.4) is 0 Å². The highest BCUT2D eigenvalue weighted by atomic mass is 15.1. The molecule has 2 nitrogen and oxygen atoms in total. The van der Waals surface area contributed by atoms with Crippen LogP contribution in [0.5, 0.6) is 0 Å². The van der Waals surface area contributed by atoms with E-state index < -0.39 is 0 Å². The second-order valence-electron chi connectivity index (χ2n) is 11.4. The number of imidazole rings is 1. The van der Waals surface area contributed by atoms with Gasteiger partial charge in [-0.1, -0.05) is 152 Å². The first-order valence-corrected chi connectivity index (χ1v) is 15.3. The van der Waals surface area contributed by atoms with Gasteiger partial charge in [-0.25, -0.2) is 9.55 Å². The maximum absolute atomic E-state index is 3.63. The molecule has 37 heavy (non-hydrogen) atoms. The largest absolute Gasteiger partial charge is 0.257 e. The van der Waals surface area contributed by atoms with Crippen LogP contribution in [0.4, 0.5) is 0 Å². The summed E-state index contributed by atoms with van der Waals surface area (Å²) in [5.74, 6) is 1.72. The lowest BCUT2D eigenvalue weighted by Crippen LogP contribution is -2.42. The lowest BCUT2D eigenvalue weighted by molar-refractivity contribution is -0.705. The average Bonchev–Trinajstić information content (AvgIpc) is 3.40. The molecule has 202 valence electrons. The molecule has 2 aromatic carbocycles. The van der Waals surface area contributed by atoms with Gasteiger partial charge in [0.15, 0.2) is 0 Å². The van der Waals surface area contributed by atoms with Gasteiger partial charge in [0.05, 0.1) is 12.5 Å². The van der Waals surface area contributed by atoms with Gasteiger partial charge in [0.25, 0.3) is 5.82 Å². The molecule has 0 spiro atoms. The van der Waals surface area contributed by atoms with Gasteiger partial charge < -0.3 is 0 Å². The summed E-state index contributed by atoms with van der Waals surface area (Å²) in [6.45, 7) is 8.25. The van der Waals surface area contributed by atoms with Crippen LogP contribution in [0, 0.1) is 0 Å². The van der Waals surface area contributed by atoms with Crippen LogP contribution >= 0.6 is 0 Å².